The van der Waals surface area contributed by atoms with Crippen LogP contribution in [0.2, 0.25) is 0 Å². The Morgan fingerprint density at radius 1 is 0.919 bits per heavy atom. The molecule has 1 heterocycles. The quantitative estimate of drug-likeness (QED) is 0.444. The van der Waals surface area contributed by atoms with Gasteiger partial charge in [0.2, 0.25) is 0 Å². The molecular weight excluding hydrogens is 466 g/mol. The number of esters is 1. The number of para-hydroxylation sites is 1. The lowest BCUT2D eigenvalue weighted by molar-refractivity contribution is -0.153. The van der Waals surface area contributed by atoms with E-state index in [1.54, 1.807) is 14.2 Å². The molecule has 2 aliphatic carbocycles. The van der Waals surface area contributed by atoms with E-state index in [1.807, 2.05) is 43.3 Å². The van der Waals surface area contributed by atoms with Crippen LogP contribution in [0.25, 0.3) is 0 Å². The minimum Gasteiger partial charge on any atom is -0.493 e. The van der Waals surface area contributed by atoms with Crippen molar-refractivity contribution in [3.63, 3.8) is 0 Å². The molecule has 0 spiro atoms. The number of Topliss-reactive ketones (excluding diaryl/α,β-unsaturated/α-hetero) is 1. The van der Waals surface area contributed by atoms with Gasteiger partial charge in [0, 0.05) is 34.9 Å². The summed E-state index contributed by atoms with van der Waals surface area (Å²) < 4.78 is 17.4. The van der Waals surface area contributed by atoms with Crippen molar-refractivity contribution in [1.82, 2.24) is 0 Å². The van der Waals surface area contributed by atoms with E-state index in [0.717, 1.165) is 42.5 Å². The molecule has 0 radical (unpaired) electrons. The summed E-state index contributed by atoms with van der Waals surface area (Å²) in [6.07, 6.45) is 6.02. The summed E-state index contributed by atoms with van der Waals surface area (Å²) in [4.78, 5) is 32.5. The van der Waals surface area contributed by atoms with Crippen LogP contribution < -0.4 is 9.47 Å². The van der Waals surface area contributed by atoms with Crippen molar-refractivity contribution in [1.29, 1.82) is 0 Å². The van der Waals surface area contributed by atoms with E-state index < -0.39 is 11.8 Å². The number of rotatable bonds is 6. The van der Waals surface area contributed by atoms with Gasteiger partial charge >= 0.3 is 5.97 Å². The number of carbonyl (C=O) groups is 2. The number of aliphatic imine (C=N–C) groups is 1. The predicted octanol–water partition coefficient (Wildman–Crippen LogP) is 6.15. The zero-order chi connectivity index (χ0) is 25.9. The van der Waals surface area contributed by atoms with Crippen LogP contribution in [0.3, 0.4) is 0 Å². The van der Waals surface area contributed by atoms with Gasteiger partial charge in [0.1, 0.15) is 12.0 Å². The van der Waals surface area contributed by atoms with Gasteiger partial charge in [-0.2, -0.15) is 0 Å². The van der Waals surface area contributed by atoms with E-state index in [1.165, 1.54) is 6.42 Å². The number of ketones is 1. The summed E-state index contributed by atoms with van der Waals surface area (Å²) in [5.74, 6) is -0.374. The van der Waals surface area contributed by atoms with Gasteiger partial charge in [-0.25, -0.2) is 0 Å². The standard InChI is InChI=1S/C31H35NO5/c1-19-27(31(34)37-22-13-8-5-9-14-22)28(23-15-10-16-26(35-2)30(23)36-3)29-24(32-19)17-21(18-25(29)33)20-11-6-4-7-12-20/h4,6-7,10-12,15-16,21-22,27-28H,5,8-9,13-14,17-18H2,1-3H3/t21-,27?,28-/m0/s1. The van der Waals surface area contributed by atoms with Gasteiger partial charge in [-0.05, 0) is 56.6 Å². The molecule has 6 heteroatoms. The molecule has 194 valence electrons. The third-order valence-corrected chi connectivity index (χ3v) is 8.02. The molecular formula is C31H35NO5. The van der Waals surface area contributed by atoms with E-state index in [2.05, 4.69) is 12.1 Å². The highest BCUT2D eigenvalue weighted by Crippen LogP contribution is 2.50. The predicted molar refractivity (Wildman–Crippen MR) is 142 cm³/mol. The summed E-state index contributed by atoms with van der Waals surface area (Å²) in [5.41, 5.74) is 3.93. The Labute approximate surface area is 218 Å². The van der Waals surface area contributed by atoms with Gasteiger partial charge in [0.15, 0.2) is 17.3 Å². The second kappa shape index (κ2) is 10.9. The van der Waals surface area contributed by atoms with Crippen LogP contribution in [-0.4, -0.2) is 37.8 Å². The summed E-state index contributed by atoms with van der Waals surface area (Å²) in [7, 11) is 3.18. The van der Waals surface area contributed by atoms with Crippen molar-refractivity contribution >= 4 is 17.5 Å². The van der Waals surface area contributed by atoms with Crippen molar-refractivity contribution in [2.75, 3.05) is 14.2 Å². The molecule has 0 aromatic heterocycles. The molecule has 0 saturated heterocycles. The Bertz CT molecular complexity index is 1230. The first-order valence-corrected chi connectivity index (χ1v) is 13.3. The highest BCUT2D eigenvalue weighted by Gasteiger charge is 2.46. The lowest BCUT2D eigenvalue weighted by atomic mass is 9.69. The normalized spacial score (nSPS) is 24.2. The number of hydrogen-bond donors (Lipinski definition) is 0. The first-order valence-electron chi connectivity index (χ1n) is 13.3. The zero-order valence-electron chi connectivity index (χ0n) is 21.9. The van der Waals surface area contributed by atoms with Gasteiger partial charge < -0.3 is 14.2 Å². The van der Waals surface area contributed by atoms with Gasteiger partial charge in [-0.3, -0.25) is 14.6 Å². The smallest absolute Gasteiger partial charge is 0.315 e. The maximum atomic E-state index is 13.9. The van der Waals surface area contributed by atoms with Crippen molar-refractivity contribution in [3.8, 4) is 11.5 Å². The second-order valence-electron chi connectivity index (χ2n) is 10.3. The molecule has 0 N–H and O–H groups in total. The Morgan fingerprint density at radius 2 is 1.68 bits per heavy atom. The van der Waals surface area contributed by atoms with Gasteiger partial charge in [0.05, 0.1) is 14.2 Å². The van der Waals surface area contributed by atoms with Crippen LogP contribution in [-0.2, 0) is 14.3 Å². The van der Waals surface area contributed by atoms with Crippen molar-refractivity contribution in [2.45, 2.75) is 69.8 Å². The molecule has 0 amide bonds. The number of carbonyl (C=O) groups excluding carboxylic acids is 2. The number of hydrogen-bond acceptors (Lipinski definition) is 6. The van der Waals surface area contributed by atoms with Gasteiger partial charge in [-0.15, -0.1) is 0 Å². The third kappa shape index (κ3) is 4.94. The molecule has 6 nitrogen and oxygen atoms in total. The number of nitrogens with zero attached hydrogens (tertiary/aromatic N) is 1. The fourth-order valence-corrected chi connectivity index (χ4v) is 6.24. The number of allylic oxidation sites excluding steroid dienone is 2. The molecule has 1 unspecified atom stereocenters. The maximum absolute atomic E-state index is 13.9. The van der Waals surface area contributed by atoms with E-state index >= 15 is 0 Å². The fraction of sp³-hybridized carbons (Fsp3) is 0.452. The molecule has 5 rings (SSSR count). The lowest BCUT2D eigenvalue weighted by Gasteiger charge is -2.37. The third-order valence-electron chi connectivity index (χ3n) is 8.02. The summed E-state index contributed by atoms with van der Waals surface area (Å²) in [6.45, 7) is 1.88. The molecule has 1 saturated carbocycles. The van der Waals surface area contributed by atoms with Crippen molar-refractivity contribution in [3.05, 3.63) is 70.9 Å². The first kappa shape index (κ1) is 25.2. The van der Waals surface area contributed by atoms with Crippen LogP contribution in [0, 0.1) is 5.92 Å². The van der Waals surface area contributed by atoms with E-state index in [-0.39, 0.29) is 23.8 Å². The minimum atomic E-state index is -0.695. The largest absolute Gasteiger partial charge is 0.493 e. The number of ether oxygens (including phenoxy) is 3. The van der Waals surface area contributed by atoms with Crippen LogP contribution in [0.4, 0.5) is 0 Å². The number of methoxy groups -OCH3 is 2. The second-order valence-corrected chi connectivity index (χ2v) is 10.3. The Balaban J connectivity index is 1.59. The summed E-state index contributed by atoms with van der Waals surface area (Å²) >= 11 is 0. The Morgan fingerprint density at radius 3 is 2.38 bits per heavy atom. The van der Waals surface area contributed by atoms with Crippen molar-refractivity contribution in [2.24, 2.45) is 10.9 Å². The van der Waals surface area contributed by atoms with Crippen LogP contribution >= 0.6 is 0 Å². The average Bonchev–Trinajstić information content (AvgIpc) is 2.92. The van der Waals surface area contributed by atoms with Gasteiger partial charge in [0.25, 0.3) is 0 Å². The fourth-order valence-electron chi connectivity index (χ4n) is 6.24. The first-order chi connectivity index (χ1) is 18.0. The molecule has 0 bridgehead atoms. The van der Waals surface area contributed by atoms with E-state index in [4.69, 9.17) is 19.2 Å². The van der Waals surface area contributed by atoms with E-state index in [9.17, 15) is 9.59 Å². The zero-order valence-corrected chi connectivity index (χ0v) is 21.9. The molecule has 2 aromatic rings. The van der Waals surface area contributed by atoms with Crippen molar-refractivity contribution < 1.29 is 23.8 Å². The molecule has 3 aliphatic rings. The summed E-state index contributed by atoms with van der Waals surface area (Å²) in [6, 6.07) is 15.7. The lowest BCUT2D eigenvalue weighted by Crippen LogP contribution is -2.39. The monoisotopic (exact) mass is 501 g/mol. The molecule has 3 atom stereocenters. The Kier molecular flexibility index (Phi) is 7.45. The average molecular weight is 502 g/mol. The minimum absolute atomic E-state index is 0.0247. The molecule has 1 aliphatic heterocycles. The SMILES string of the molecule is COc1cccc([C@@H]2C3=C(C[C@H](c4ccccc4)CC3=O)N=C(C)C2C(=O)OC2CCCCC2)c1OC. The van der Waals surface area contributed by atoms with E-state index in [0.29, 0.717) is 35.6 Å². The van der Waals surface area contributed by atoms with Gasteiger partial charge in [-0.1, -0.05) is 48.9 Å². The highest BCUT2D eigenvalue weighted by molar-refractivity contribution is 6.09. The molecule has 2 aromatic carbocycles. The maximum Gasteiger partial charge on any atom is 0.315 e. The van der Waals surface area contributed by atoms with Crippen LogP contribution in [0.15, 0.2) is 64.8 Å². The highest BCUT2D eigenvalue weighted by atomic mass is 16.5. The Hall–Kier alpha value is -3.41. The topological polar surface area (TPSA) is 74.2 Å². The molecule has 37 heavy (non-hydrogen) atoms. The van der Waals surface area contributed by atoms with Crippen LogP contribution in [0.5, 0.6) is 11.5 Å². The number of benzene rings is 2. The summed E-state index contributed by atoms with van der Waals surface area (Å²) in [5, 5.41) is 0. The molecule has 1 fully saturated rings. The van der Waals surface area contributed by atoms with Crippen LogP contribution in [0.1, 0.15) is 74.8 Å².